The first kappa shape index (κ1) is 17.2. The van der Waals surface area contributed by atoms with Crippen molar-refractivity contribution in [2.75, 3.05) is 31.6 Å². The van der Waals surface area contributed by atoms with Crippen molar-refractivity contribution in [3.63, 3.8) is 0 Å². The van der Waals surface area contributed by atoms with Crippen LogP contribution < -0.4 is 5.32 Å². The number of anilines is 1. The standard InChI is InChI=1S/C20H26N4O2/c25-20(24-9-3-1-2-4-10-24)17-6-5-15-14-21-19(13-18(15)23-17)22-16-7-11-26-12-8-16/h5-6,13-14,16H,1-4,7-12H2,(H,21,22). The summed E-state index contributed by atoms with van der Waals surface area (Å²) < 4.78 is 5.40. The van der Waals surface area contributed by atoms with Gasteiger partial charge in [-0.05, 0) is 37.8 Å². The van der Waals surface area contributed by atoms with Gasteiger partial charge in [-0.2, -0.15) is 0 Å². The van der Waals surface area contributed by atoms with Crippen molar-refractivity contribution in [3.8, 4) is 0 Å². The Bertz CT molecular complexity index is 765. The Hall–Kier alpha value is -2.21. The lowest BCUT2D eigenvalue weighted by molar-refractivity contribution is 0.0756. The number of carbonyl (C=O) groups excluding carboxylic acids is 1. The van der Waals surface area contributed by atoms with Crippen LogP contribution in [0.15, 0.2) is 24.4 Å². The second-order valence-corrected chi connectivity index (χ2v) is 7.20. The summed E-state index contributed by atoms with van der Waals surface area (Å²) in [6.45, 7) is 3.26. The molecule has 2 fully saturated rings. The average molecular weight is 354 g/mol. The van der Waals surface area contributed by atoms with Crippen molar-refractivity contribution >= 4 is 22.6 Å². The number of aromatic nitrogens is 2. The van der Waals surface area contributed by atoms with Crippen LogP contribution in [0.4, 0.5) is 5.82 Å². The Labute approximate surface area is 154 Å². The summed E-state index contributed by atoms with van der Waals surface area (Å²) in [7, 11) is 0. The molecule has 2 aliphatic heterocycles. The van der Waals surface area contributed by atoms with Gasteiger partial charge in [-0.15, -0.1) is 0 Å². The summed E-state index contributed by atoms with van der Waals surface area (Å²) in [4.78, 5) is 23.9. The van der Waals surface area contributed by atoms with E-state index in [4.69, 9.17) is 4.74 Å². The number of pyridine rings is 2. The van der Waals surface area contributed by atoms with Crippen LogP contribution in [-0.4, -0.2) is 53.1 Å². The number of carbonyl (C=O) groups is 1. The van der Waals surface area contributed by atoms with Crippen molar-refractivity contribution in [3.05, 3.63) is 30.1 Å². The van der Waals surface area contributed by atoms with Crippen LogP contribution in [0.5, 0.6) is 0 Å². The minimum atomic E-state index is 0.0459. The van der Waals surface area contributed by atoms with Gasteiger partial charge in [-0.1, -0.05) is 12.8 Å². The summed E-state index contributed by atoms with van der Waals surface area (Å²) in [6, 6.07) is 6.10. The van der Waals surface area contributed by atoms with Crippen molar-refractivity contribution < 1.29 is 9.53 Å². The third kappa shape index (κ3) is 3.96. The highest BCUT2D eigenvalue weighted by atomic mass is 16.5. The maximum atomic E-state index is 12.8. The lowest BCUT2D eigenvalue weighted by atomic mass is 10.1. The molecule has 4 rings (SSSR count). The first-order valence-electron chi connectivity index (χ1n) is 9.70. The monoisotopic (exact) mass is 354 g/mol. The predicted molar refractivity (Wildman–Crippen MR) is 101 cm³/mol. The zero-order chi connectivity index (χ0) is 17.8. The number of nitrogens with zero attached hydrogens (tertiary/aromatic N) is 3. The van der Waals surface area contributed by atoms with E-state index >= 15 is 0 Å². The normalized spacial score (nSPS) is 19.3. The van der Waals surface area contributed by atoms with Gasteiger partial charge >= 0.3 is 0 Å². The molecular weight excluding hydrogens is 328 g/mol. The number of amides is 1. The largest absolute Gasteiger partial charge is 0.381 e. The molecule has 26 heavy (non-hydrogen) atoms. The van der Waals surface area contributed by atoms with Crippen molar-refractivity contribution in [2.24, 2.45) is 0 Å². The first-order chi connectivity index (χ1) is 12.8. The van der Waals surface area contributed by atoms with Gasteiger partial charge in [-0.25, -0.2) is 9.97 Å². The Kier molecular flexibility index (Phi) is 5.29. The van der Waals surface area contributed by atoms with Gasteiger partial charge in [0.1, 0.15) is 11.5 Å². The Balaban J connectivity index is 1.53. The molecule has 4 heterocycles. The molecule has 0 aromatic carbocycles. The van der Waals surface area contributed by atoms with Crippen molar-refractivity contribution in [1.82, 2.24) is 14.9 Å². The molecule has 1 N–H and O–H groups in total. The highest BCUT2D eigenvalue weighted by Crippen LogP contribution is 2.20. The Morgan fingerprint density at radius 3 is 2.65 bits per heavy atom. The molecule has 0 saturated carbocycles. The first-order valence-corrected chi connectivity index (χ1v) is 9.70. The van der Waals surface area contributed by atoms with Crippen LogP contribution in [-0.2, 0) is 4.74 Å². The molecule has 0 spiro atoms. The molecule has 0 radical (unpaired) electrons. The summed E-state index contributed by atoms with van der Waals surface area (Å²) in [5.41, 5.74) is 1.35. The molecular formula is C20H26N4O2. The number of hydrogen-bond donors (Lipinski definition) is 1. The number of nitrogens with one attached hydrogen (secondary N) is 1. The average Bonchev–Trinajstić information content (AvgIpc) is 2.97. The van der Waals surface area contributed by atoms with Crippen LogP contribution in [0.3, 0.4) is 0 Å². The predicted octanol–water partition coefficient (Wildman–Crippen LogP) is 3.24. The molecule has 0 atom stereocenters. The Morgan fingerprint density at radius 2 is 1.88 bits per heavy atom. The quantitative estimate of drug-likeness (QED) is 0.916. The van der Waals surface area contributed by atoms with E-state index in [1.807, 2.05) is 29.3 Å². The fourth-order valence-corrected chi connectivity index (χ4v) is 3.70. The lowest BCUT2D eigenvalue weighted by Gasteiger charge is -2.23. The minimum Gasteiger partial charge on any atom is -0.381 e. The third-order valence-electron chi connectivity index (χ3n) is 5.26. The van der Waals surface area contributed by atoms with E-state index in [1.54, 1.807) is 0 Å². The molecule has 2 aromatic rings. The summed E-state index contributed by atoms with van der Waals surface area (Å²) >= 11 is 0. The summed E-state index contributed by atoms with van der Waals surface area (Å²) in [5, 5.41) is 4.42. The molecule has 1 amide bonds. The SMILES string of the molecule is O=C(c1ccc2cnc(NC3CCOCC3)cc2n1)N1CCCCCC1. The van der Waals surface area contributed by atoms with Gasteiger partial charge in [0.25, 0.3) is 5.91 Å². The number of fused-ring (bicyclic) bond motifs is 1. The number of hydrogen-bond acceptors (Lipinski definition) is 5. The van der Waals surface area contributed by atoms with Crippen LogP contribution in [0.1, 0.15) is 49.0 Å². The smallest absolute Gasteiger partial charge is 0.272 e. The highest BCUT2D eigenvalue weighted by Gasteiger charge is 2.19. The topological polar surface area (TPSA) is 67.3 Å². The molecule has 0 unspecified atom stereocenters. The maximum Gasteiger partial charge on any atom is 0.272 e. The second kappa shape index (κ2) is 7.99. The van der Waals surface area contributed by atoms with Gasteiger partial charge in [0.05, 0.1) is 5.52 Å². The van der Waals surface area contributed by atoms with Gasteiger partial charge in [-0.3, -0.25) is 4.79 Å². The van der Waals surface area contributed by atoms with Crippen molar-refractivity contribution in [2.45, 2.75) is 44.6 Å². The lowest BCUT2D eigenvalue weighted by Crippen LogP contribution is -2.32. The zero-order valence-corrected chi connectivity index (χ0v) is 15.1. The van der Waals surface area contributed by atoms with E-state index in [2.05, 4.69) is 15.3 Å². The molecule has 2 aromatic heterocycles. The van der Waals surface area contributed by atoms with Crippen LogP contribution in [0, 0.1) is 0 Å². The Morgan fingerprint density at radius 1 is 1.12 bits per heavy atom. The van der Waals surface area contributed by atoms with Crippen LogP contribution in [0.25, 0.3) is 10.9 Å². The van der Waals surface area contributed by atoms with E-state index < -0.39 is 0 Å². The fourth-order valence-electron chi connectivity index (χ4n) is 3.70. The number of likely N-dealkylation sites (tertiary alicyclic amines) is 1. The highest BCUT2D eigenvalue weighted by molar-refractivity contribution is 5.95. The molecule has 6 heteroatoms. The van der Waals surface area contributed by atoms with E-state index in [-0.39, 0.29) is 5.91 Å². The van der Waals surface area contributed by atoms with Gasteiger partial charge in [0, 0.05) is 50.0 Å². The fraction of sp³-hybridized carbons (Fsp3) is 0.550. The molecule has 0 bridgehead atoms. The van der Waals surface area contributed by atoms with E-state index in [1.165, 1.54) is 12.8 Å². The van der Waals surface area contributed by atoms with E-state index in [9.17, 15) is 4.79 Å². The van der Waals surface area contributed by atoms with Gasteiger partial charge in [0.15, 0.2) is 0 Å². The number of rotatable bonds is 3. The maximum absolute atomic E-state index is 12.8. The van der Waals surface area contributed by atoms with Crippen molar-refractivity contribution in [1.29, 1.82) is 0 Å². The third-order valence-corrected chi connectivity index (χ3v) is 5.26. The second-order valence-electron chi connectivity index (χ2n) is 7.20. The minimum absolute atomic E-state index is 0.0459. The van der Waals surface area contributed by atoms with Crippen LogP contribution in [0.2, 0.25) is 0 Å². The molecule has 2 aliphatic rings. The molecule has 6 nitrogen and oxygen atoms in total. The number of ether oxygens (including phenoxy) is 1. The molecule has 0 aliphatic carbocycles. The van der Waals surface area contributed by atoms with Crippen LogP contribution >= 0.6 is 0 Å². The van der Waals surface area contributed by atoms with Gasteiger partial charge < -0.3 is 15.0 Å². The summed E-state index contributed by atoms with van der Waals surface area (Å²) in [5.74, 6) is 0.862. The van der Waals surface area contributed by atoms with Gasteiger partial charge in [0.2, 0.25) is 0 Å². The molecule has 138 valence electrons. The summed E-state index contributed by atoms with van der Waals surface area (Å²) in [6.07, 6.45) is 8.39. The zero-order valence-electron chi connectivity index (χ0n) is 15.1. The van der Waals surface area contributed by atoms with E-state index in [0.29, 0.717) is 11.7 Å². The molecule has 2 saturated heterocycles. The van der Waals surface area contributed by atoms with E-state index in [0.717, 1.165) is 68.7 Å².